The van der Waals surface area contributed by atoms with Gasteiger partial charge in [0.1, 0.15) is 0 Å². The summed E-state index contributed by atoms with van der Waals surface area (Å²) in [6.07, 6.45) is 0.623. The molecule has 0 radical (unpaired) electrons. The van der Waals surface area contributed by atoms with Crippen LogP contribution in [0.25, 0.3) is 0 Å². The average molecular weight is 306 g/mol. The highest BCUT2D eigenvalue weighted by Gasteiger charge is 2.37. The standard InChI is InChI=1S/C16H22N2O4/c1-16(2)10-13(8-9-18(16)15(20)21)17-12-6-4-11(5-7-12)14(19)22-3/h4-7,13,17H,8-10H2,1-3H3,(H,20,21). The van der Waals surface area contributed by atoms with Crippen molar-refractivity contribution in [1.82, 2.24) is 4.90 Å². The zero-order valence-electron chi connectivity index (χ0n) is 13.1. The molecule has 6 nitrogen and oxygen atoms in total. The van der Waals surface area contributed by atoms with Gasteiger partial charge in [-0.2, -0.15) is 0 Å². The number of ether oxygens (including phenoxy) is 1. The van der Waals surface area contributed by atoms with E-state index >= 15 is 0 Å². The Morgan fingerprint density at radius 3 is 2.45 bits per heavy atom. The van der Waals surface area contributed by atoms with Crippen molar-refractivity contribution in [3.63, 3.8) is 0 Å². The van der Waals surface area contributed by atoms with E-state index in [1.54, 1.807) is 12.1 Å². The molecule has 120 valence electrons. The van der Waals surface area contributed by atoms with Gasteiger partial charge in [-0.3, -0.25) is 0 Å². The van der Waals surface area contributed by atoms with Gasteiger partial charge >= 0.3 is 12.1 Å². The van der Waals surface area contributed by atoms with Crippen molar-refractivity contribution >= 4 is 17.7 Å². The van der Waals surface area contributed by atoms with Gasteiger partial charge < -0.3 is 20.1 Å². The number of anilines is 1. The van der Waals surface area contributed by atoms with Crippen molar-refractivity contribution in [2.75, 3.05) is 19.0 Å². The van der Waals surface area contributed by atoms with Crippen molar-refractivity contribution in [1.29, 1.82) is 0 Å². The molecule has 0 saturated carbocycles. The van der Waals surface area contributed by atoms with Gasteiger partial charge in [0.25, 0.3) is 0 Å². The Morgan fingerprint density at radius 1 is 1.32 bits per heavy atom. The highest BCUT2D eigenvalue weighted by molar-refractivity contribution is 5.89. The van der Waals surface area contributed by atoms with Crippen molar-refractivity contribution in [2.24, 2.45) is 0 Å². The number of hydrogen-bond acceptors (Lipinski definition) is 4. The van der Waals surface area contributed by atoms with E-state index in [0.717, 1.165) is 18.5 Å². The maximum atomic E-state index is 11.4. The lowest BCUT2D eigenvalue weighted by Crippen LogP contribution is -2.55. The summed E-state index contributed by atoms with van der Waals surface area (Å²) in [6, 6.07) is 7.30. The summed E-state index contributed by atoms with van der Waals surface area (Å²) in [5, 5.41) is 12.6. The molecule has 0 aromatic heterocycles. The van der Waals surface area contributed by atoms with Crippen LogP contribution in [0.1, 0.15) is 37.0 Å². The van der Waals surface area contributed by atoms with Crippen LogP contribution in [0.15, 0.2) is 24.3 Å². The highest BCUT2D eigenvalue weighted by atomic mass is 16.5. The zero-order chi connectivity index (χ0) is 16.3. The fourth-order valence-corrected chi connectivity index (χ4v) is 2.94. The van der Waals surface area contributed by atoms with Crippen molar-refractivity contribution < 1.29 is 19.4 Å². The van der Waals surface area contributed by atoms with E-state index in [-0.39, 0.29) is 12.0 Å². The largest absolute Gasteiger partial charge is 0.465 e. The number of piperidine rings is 1. The summed E-state index contributed by atoms with van der Waals surface area (Å²) >= 11 is 0. The molecule has 2 rings (SSSR count). The lowest BCUT2D eigenvalue weighted by atomic mass is 9.87. The summed E-state index contributed by atoms with van der Waals surface area (Å²) in [5.74, 6) is -0.359. The molecule has 1 atom stereocenters. The number of benzene rings is 1. The van der Waals surface area contributed by atoms with Crippen LogP contribution in [0.3, 0.4) is 0 Å². The maximum absolute atomic E-state index is 11.4. The topological polar surface area (TPSA) is 78.9 Å². The number of likely N-dealkylation sites (tertiary alicyclic amines) is 1. The second kappa shape index (κ2) is 6.25. The van der Waals surface area contributed by atoms with Crippen LogP contribution < -0.4 is 5.32 Å². The number of esters is 1. The Hall–Kier alpha value is -2.24. The second-order valence-electron chi connectivity index (χ2n) is 6.15. The number of carbonyl (C=O) groups is 2. The van der Waals surface area contributed by atoms with Gasteiger partial charge in [-0.15, -0.1) is 0 Å². The molecule has 0 bridgehead atoms. The molecular formula is C16H22N2O4. The number of amides is 1. The number of methoxy groups -OCH3 is 1. The highest BCUT2D eigenvalue weighted by Crippen LogP contribution is 2.29. The number of rotatable bonds is 3. The van der Waals surface area contributed by atoms with Crippen molar-refractivity contribution in [3.8, 4) is 0 Å². The van der Waals surface area contributed by atoms with Crippen LogP contribution in [0.2, 0.25) is 0 Å². The molecule has 1 saturated heterocycles. The van der Waals surface area contributed by atoms with Gasteiger partial charge in [0.05, 0.1) is 12.7 Å². The van der Waals surface area contributed by atoms with Gasteiger partial charge in [0.2, 0.25) is 0 Å². The van der Waals surface area contributed by atoms with E-state index in [9.17, 15) is 14.7 Å². The molecule has 1 amide bonds. The Bertz CT molecular complexity index is 554. The third kappa shape index (κ3) is 3.50. The van der Waals surface area contributed by atoms with E-state index in [2.05, 4.69) is 10.1 Å². The molecule has 1 aliphatic rings. The average Bonchev–Trinajstić information content (AvgIpc) is 2.46. The molecule has 0 spiro atoms. The molecular weight excluding hydrogens is 284 g/mol. The summed E-state index contributed by atoms with van der Waals surface area (Å²) in [7, 11) is 1.35. The fraction of sp³-hybridized carbons (Fsp3) is 0.500. The van der Waals surface area contributed by atoms with Crippen LogP contribution in [0, 0.1) is 0 Å². The van der Waals surface area contributed by atoms with Gasteiger partial charge in [-0.1, -0.05) is 0 Å². The van der Waals surface area contributed by atoms with E-state index < -0.39 is 11.6 Å². The monoisotopic (exact) mass is 306 g/mol. The third-order valence-corrected chi connectivity index (χ3v) is 4.09. The van der Waals surface area contributed by atoms with E-state index in [1.807, 2.05) is 26.0 Å². The molecule has 1 aliphatic heterocycles. The molecule has 1 heterocycles. The first-order valence-corrected chi connectivity index (χ1v) is 7.29. The fourth-order valence-electron chi connectivity index (χ4n) is 2.94. The first-order valence-electron chi connectivity index (χ1n) is 7.29. The van der Waals surface area contributed by atoms with E-state index in [1.165, 1.54) is 12.0 Å². The van der Waals surface area contributed by atoms with Crippen LogP contribution in [0.5, 0.6) is 0 Å². The van der Waals surface area contributed by atoms with Crippen molar-refractivity contribution in [3.05, 3.63) is 29.8 Å². The van der Waals surface area contributed by atoms with Crippen molar-refractivity contribution in [2.45, 2.75) is 38.3 Å². The summed E-state index contributed by atoms with van der Waals surface area (Å²) < 4.78 is 4.67. The lowest BCUT2D eigenvalue weighted by Gasteiger charge is -2.44. The normalized spacial score (nSPS) is 20.3. The Morgan fingerprint density at radius 2 is 1.95 bits per heavy atom. The number of hydrogen-bond donors (Lipinski definition) is 2. The maximum Gasteiger partial charge on any atom is 0.407 e. The van der Waals surface area contributed by atoms with Gasteiger partial charge in [-0.05, 0) is 51.0 Å². The first-order chi connectivity index (χ1) is 10.3. The number of nitrogens with one attached hydrogen (secondary N) is 1. The summed E-state index contributed by atoms with van der Waals surface area (Å²) in [6.45, 7) is 4.39. The zero-order valence-corrected chi connectivity index (χ0v) is 13.1. The Labute approximate surface area is 130 Å². The molecule has 0 aliphatic carbocycles. The Kier molecular flexibility index (Phi) is 4.59. The number of nitrogens with zero attached hydrogens (tertiary/aromatic N) is 1. The molecule has 1 aromatic rings. The van der Waals surface area contributed by atoms with Gasteiger partial charge in [0.15, 0.2) is 0 Å². The predicted molar refractivity (Wildman–Crippen MR) is 83.2 cm³/mol. The van der Waals surface area contributed by atoms with Gasteiger partial charge in [-0.25, -0.2) is 9.59 Å². The predicted octanol–water partition coefficient (Wildman–Crippen LogP) is 2.81. The molecule has 1 fully saturated rings. The van der Waals surface area contributed by atoms with Crippen LogP contribution >= 0.6 is 0 Å². The lowest BCUT2D eigenvalue weighted by molar-refractivity contribution is 0.0599. The quantitative estimate of drug-likeness (QED) is 0.840. The minimum absolute atomic E-state index is 0.203. The van der Waals surface area contributed by atoms with Crippen LogP contribution in [-0.4, -0.2) is 47.3 Å². The molecule has 2 N–H and O–H groups in total. The molecule has 6 heteroatoms. The minimum atomic E-state index is -0.870. The molecule has 1 aromatic carbocycles. The second-order valence-corrected chi connectivity index (χ2v) is 6.15. The van der Waals surface area contributed by atoms with Gasteiger partial charge in [0, 0.05) is 23.8 Å². The van der Waals surface area contributed by atoms with E-state index in [4.69, 9.17) is 0 Å². The smallest absolute Gasteiger partial charge is 0.407 e. The number of carboxylic acid groups (broad SMARTS) is 1. The number of carbonyl (C=O) groups excluding carboxylic acids is 1. The van der Waals surface area contributed by atoms with E-state index in [0.29, 0.717) is 12.1 Å². The first kappa shape index (κ1) is 16.1. The van der Waals surface area contributed by atoms with Crippen LogP contribution in [-0.2, 0) is 4.74 Å². The third-order valence-electron chi connectivity index (χ3n) is 4.09. The Balaban J connectivity index is 2.00. The minimum Gasteiger partial charge on any atom is -0.465 e. The SMILES string of the molecule is COC(=O)c1ccc(NC2CCN(C(=O)O)C(C)(C)C2)cc1. The molecule has 22 heavy (non-hydrogen) atoms. The summed E-state index contributed by atoms with van der Waals surface area (Å²) in [4.78, 5) is 24.1. The summed E-state index contributed by atoms with van der Waals surface area (Å²) in [5.41, 5.74) is 1.03. The molecule has 1 unspecified atom stereocenters. The van der Waals surface area contributed by atoms with Crippen LogP contribution in [0.4, 0.5) is 10.5 Å².